The Hall–Kier alpha value is -3.83. The molecule has 4 aromatic rings. The van der Waals surface area contributed by atoms with Gasteiger partial charge >= 0.3 is 0 Å². The third-order valence-corrected chi connectivity index (χ3v) is 6.40. The number of carbonyl (C=O) groups is 2. The van der Waals surface area contributed by atoms with Crippen LogP contribution in [-0.4, -0.2) is 39.0 Å². The highest BCUT2D eigenvalue weighted by atomic mass is 32.2. The van der Waals surface area contributed by atoms with Crippen molar-refractivity contribution in [3.8, 4) is 16.5 Å². The number of nitrogens with one attached hydrogen (secondary N) is 2. The number of thiophene rings is 1. The lowest BCUT2D eigenvalue weighted by atomic mass is 10.2. The second kappa shape index (κ2) is 10.9. The number of benzene rings is 2. The molecule has 2 heterocycles. The maximum Gasteiger partial charge on any atom is 0.255 e. The third-order valence-electron chi connectivity index (χ3n) is 4.59. The van der Waals surface area contributed by atoms with Crippen LogP contribution in [0.5, 0.6) is 5.75 Å². The molecular formula is C23H22N6O3S2. The molecule has 9 nitrogen and oxygen atoms in total. The third kappa shape index (κ3) is 5.74. The number of aromatic nitrogens is 3. The van der Waals surface area contributed by atoms with E-state index >= 15 is 0 Å². The van der Waals surface area contributed by atoms with Crippen molar-refractivity contribution >= 4 is 46.3 Å². The van der Waals surface area contributed by atoms with E-state index in [4.69, 9.17) is 10.6 Å². The van der Waals surface area contributed by atoms with Crippen LogP contribution in [0.4, 0.5) is 11.4 Å². The zero-order chi connectivity index (χ0) is 23.9. The van der Waals surface area contributed by atoms with Crippen LogP contribution in [-0.2, 0) is 4.79 Å². The second-order valence-corrected chi connectivity index (χ2v) is 8.87. The van der Waals surface area contributed by atoms with Gasteiger partial charge in [-0.25, -0.2) is 4.68 Å². The molecule has 0 saturated heterocycles. The zero-order valence-corrected chi connectivity index (χ0v) is 19.9. The molecule has 2 aromatic heterocycles. The molecule has 0 atom stereocenters. The summed E-state index contributed by atoms with van der Waals surface area (Å²) >= 11 is 2.70. The summed E-state index contributed by atoms with van der Waals surface area (Å²) in [5.41, 5.74) is 1.72. The van der Waals surface area contributed by atoms with Gasteiger partial charge < -0.3 is 21.2 Å². The number of nitrogen functional groups attached to an aromatic ring is 1. The van der Waals surface area contributed by atoms with Crippen LogP contribution >= 0.6 is 23.1 Å². The minimum atomic E-state index is -0.249. The molecule has 0 unspecified atom stereocenters. The first-order chi connectivity index (χ1) is 16.5. The first kappa shape index (κ1) is 23.3. The van der Waals surface area contributed by atoms with Crippen LogP contribution < -0.4 is 21.2 Å². The first-order valence-corrected chi connectivity index (χ1v) is 12.2. The molecule has 4 rings (SSSR count). The Labute approximate surface area is 204 Å². The Morgan fingerprint density at radius 1 is 1.03 bits per heavy atom. The minimum Gasteiger partial charge on any atom is -0.494 e. The Morgan fingerprint density at radius 3 is 2.41 bits per heavy atom. The highest BCUT2D eigenvalue weighted by Gasteiger charge is 2.14. The molecule has 11 heteroatoms. The van der Waals surface area contributed by atoms with E-state index in [0.29, 0.717) is 34.5 Å². The number of anilines is 2. The predicted octanol–water partition coefficient (Wildman–Crippen LogP) is 4.10. The number of amides is 2. The van der Waals surface area contributed by atoms with E-state index in [1.54, 1.807) is 48.5 Å². The van der Waals surface area contributed by atoms with Crippen LogP contribution in [0.1, 0.15) is 17.3 Å². The fourth-order valence-electron chi connectivity index (χ4n) is 2.99. The molecule has 4 N–H and O–H groups in total. The summed E-state index contributed by atoms with van der Waals surface area (Å²) in [5.74, 6) is 6.99. The van der Waals surface area contributed by atoms with Crippen molar-refractivity contribution < 1.29 is 14.3 Å². The van der Waals surface area contributed by atoms with Crippen molar-refractivity contribution in [3.05, 3.63) is 71.6 Å². The first-order valence-electron chi connectivity index (χ1n) is 10.3. The molecule has 2 amide bonds. The zero-order valence-electron chi connectivity index (χ0n) is 18.2. The molecule has 0 aliphatic heterocycles. The second-order valence-electron chi connectivity index (χ2n) is 6.98. The maximum absolute atomic E-state index is 12.5. The van der Waals surface area contributed by atoms with Crippen LogP contribution in [0.25, 0.3) is 10.7 Å². The van der Waals surface area contributed by atoms with E-state index in [9.17, 15) is 9.59 Å². The number of rotatable bonds is 9. The molecule has 0 bridgehead atoms. The van der Waals surface area contributed by atoms with Gasteiger partial charge in [0.15, 0.2) is 5.82 Å². The standard InChI is InChI=1S/C23H22N6O3S2/c1-2-32-18-11-9-17(10-12-18)26-22(31)15-5-7-16(8-6-15)25-20(30)14-34-23-28-27-21(29(23)24)19-4-3-13-33-19/h3-13H,2,14,24H2,1H3,(H,25,30)(H,26,31). The topological polar surface area (TPSA) is 124 Å². The SMILES string of the molecule is CCOc1ccc(NC(=O)c2ccc(NC(=O)CSc3nnc(-c4cccs4)n3N)cc2)cc1. The molecule has 174 valence electrons. The molecule has 0 saturated carbocycles. The van der Waals surface area contributed by atoms with Crippen molar-refractivity contribution in [2.45, 2.75) is 12.1 Å². The molecular weight excluding hydrogens is 472 g/mol. The quantitative estimate of drug-likeness (QED) is 0.236. The molecule has 0 aliphatic carbocycles. The lowest BCUT2D eigenvalue weighted by Gasteiger charge is -2.08. The summed E-state index contributed by atoms with van der Waals surface area (Å²) in [5, 5.41) is 16.2. The summed E-state index contributed by atoms with van der Waals surface area (Å²) in [6, 6.07) is 17.6. The summed E-state index contributed by atoms with van der Waals surface area (Å²) < 4.78 is 6.77. The number of thioether (sulfide) groups is 1. The van der Waals surface area contributed by atoms with E-state index in [-0.39, 0.29) is 17.6 Å². The van der Waals surface area contributed by atoms with Gasteiger partial charge in [0.1, 0.15) is 5.75 Å². The van der Waals surface area contributed by atoms with Crippen molar-refractivity contribution in [3.63, 3.8) is 0 Å². The minimum absolute atomic E-state index is 0.111. The lowest BCUT2D eigenvalue weighted by Crippen LogP contribution is -2.16. The normalized spacial score (nSPS) is 10.6. The van der Waals surface area contributed by atoms with E-state index in [0.717, 1.165) is 10.6 Å². The monoisotopic (exact) mass is 494 g/mol. The predicted molar refractivity (Wildman–Crippen MR) is 135 cm³/mol. The average molecular weight is 495 g/mol. The summed E-state index contributed by atoms with van der Waals surface area (Å²) in [7, 11) is 0. The Morgan fingerprint density at radius 2 is 1.74 bits per heavy atom. The van der Waals surface area contributed by atoms with Gasteiger partial charge in [0.2, 0.25) is 11.1 Å². The Bertz CT molecular complexity index is 1260. The average Bonchev–Trinajstić information content (AvgIpc) is 3.49. The number of ether oxygens (including phenoxy) is 1. The van der Waals surface area contributed by atoms with Gasteiger partial charge in [0, 0.05) is 16.9 Å². The number of nitrogens with zero attached hydrogens (tertiary/aromatic N) is 3. The highest BCUT2D eigenvalue weighted by molar-refractivity contribution is 7.99. The highest BCUT2D eigenvalue weighted by Crippen LogP contribution is 2.25. The van der Waals surface area contributed by atoms with Gasteiger partial charge in [-0.3, -0.25) is 9.59 Å². The van der Waals surface area contributed by atoms with Gasteiger partial charge in [-0.15, -0.1) is 21.5 Å². The van der Waals surface area contributed by atoms with E-state index < -0.39 is 0 Å². The maximum atomic E-state index is 12.5. The van der Waals surface area contributed by atoms with Gasteiger partial charge in [0.25, 0.3) is 5.91 Å². The largest absolute Gasteiger partial charge is 0.494 e. The van der Waals surface area contributed by atoms with Crippen molar-refractivity contribution in [2.24, 2.45) is 0 Å². The fraction of sp³-hybridized carbons (Fsp3) is 0.130. The molecule has 0 aliphatic rings. The smallest absolute Gasteiger partial charge is 0.255 e. The summed E-state index contributed by atoms with van der Waals surface area (Å²) in [6.45, 7) is 2.49. The fourth-order valence-corrected chi connectivity index (χ4v) is 4.35. The molecule has 0 spiro atoms. The van der Waals surface area contributed by atoms with Crippen LogP contribution in [0.2, 0.25) is 0 Å². The van der Waals surface area contributed by atoms with Gasteiger partial charge in [-0.1, -0.05) is 17.8 Å². The number of nitrogens with two attached hydrogens (primary N) is 1. The van der Waals surface area contributed by atoms with Gasteiger partial charge in [-0.05, 0) is 66.9 Å². The van der Waals surface area contributed by atoms with Crippen molar-refractivity contribution in [1.29, 1.82) is 0 Å². The lowest BCUT2D eigenvalue weighted by molar-refractivity contribution is -0.113. The van der Waals surface area contributed by atoms with E-state index in [2.05, 4.69) is 20.8 Å². The number of hydrogen-bond donors (Lipinski definition) is 3. The number of carbonyl (C=O) groups excluding carboxylic acids is 2. The van der Waals surface area contributed by atoms with Crippen LogP contribution in [0.15, 0.2) is 71.2 Å². The van der Waals surface area contributed by atoms with Gasteiger partial charge in [-0.2, -0.15) is 0 Å². The number of hydrogen-bond acceptors (Lipinski definition) is 8. The summed E-state index contributed by atoms with van der Waals surface area (Å²) in [4.78, 5) is 25.7. The van der Waals surface area contributed by atoms with Crippen LogP contribution in [0.3, 0.4) is 0 Å². The molecule has 0 fully saturated rings. The molecule has 2 aromatic carbocycles. The van der Waals surface area contributed by atoms with Crippen molar-refractivity contribution in [2.75, 3.05) is 28.8 Å². The molecule has 0 radical (unpaired) electrons. The molecule has 34 heavy (non-hydrogen) atoms. The van der Waals surface area contributed by atoms with E-state index in [1.165, 1.54) is 27.8 Å². The van der Waals surface area contributed by atoms with Gasteiger partial charge in [0.05, 0.1) is 17.2 Å². The Balaban J connectivity index is 1.28. The summed E-state index contributed by atoms with van der Waals surface area (Å²) in [6.07, 6.45) is 0. The van der Waals surface area contributed by atoms with Crippen molar-refractivity contribution in [1.82, 2.24) is 14.9 Å². The van der Waals surface area contributed by atoms with E-state index in [1.807, 2.05) is 24.4 Å². The van der Waals surface area contributed by atoms with Crippen LogP contribution in [0, 0.1) is 0 Å². The Kier molecular flexibility index (Phi) is 7.45.